The number of rotatable bonds is 6. The van der Waals surface area contributed by atoms with E-state index < -0.39 is 0 Å². The average Bonchev–Trinajstić information content (AvgIpc) is 2.37. The zero-order chi connectivity index (χ0) is 14.4. The molecule has 19 heavy (non-hydrogen) atoms. The van der Waals surface area contributed by atoms with Crippen molar-refractivity contribution < 1.29 is 4.79 Å². The molecule has 1 amide bonds. The normalized spacial score (nSPS) is 12.5. The van der Waals surface area contributed by atoms with Crippen molar-refractivity contribution >= 4 is 11.6 Å². The molecule has 4 nitrogen and oxygen atoms in total. The van der Waals surface area contributed by atoms with Crippen LogP contribution < -0.4 is 5.73 Å². The second-order valence-corrected chi connectivity index (χ2v) is 5.10. The molecule has 0 radical (unpaired) electrons. The van der Waals surface area contributed by atoms with Crippen LogP contribution in [0.2, 0.25) is 0 Å². The Morgan fingerprint density at radius 3 is 2.58 bits per heavy atom. The first-order valence-electron chi connectivity index (χ1n) is 6.75. The summed E-state index contributed by atoms with van der Waals surface area (Å²) in [7, 11) is 3.58. The molecule has 106 valence electrons. The van der Waals surface area contributed by atoms with E-state index in [4.69, 9.17) is 5.73 Å². The van der Waals surface area contributed by atoms with E-state index in [1.165, 1.54) is 0 Å². The molecule has 0 saturated carbocycles. The first-order valence-corrected chi connectivity index (χ1v) is 6.75. The molecule has 1 atom stereocenters. The summed E-state index contributed by atoms with van der Waals surface area (Å²) in [5, 5.41) is 0. The van der Waals surface area contributed by atoms with Gasteiger partial charge in [-0.3, -0.25) is 9.69 Å². The second-order valence-electron chi connectivity index (χ2n) is 5.10. The van der Waals surface area contributed by atoms with E-state index >= 15 is 0 Å². The minimum absolute atomic E-state index is 0.129. The third-order valence-corrected chi connectivity index (χ3v) is 3.29. The van der Waals surface area contributed by atoms with Gasteiger partial charge in [0.15, 0.2) is 0 Å². The summed E-state index contributed by atoms with van der Waals surface area (Å²) in [5.74, 6) is 0.129. The number of hydrogen-bond donors (Lipinski definition) is 1. The average molecular weight is 263 g/mol. The highest BCUT2D eigenvalue weighted by Gasteiger charge is 2.19. The molecule has 0 bridgehead atoms. The molecule has 0 aromatic heterocycles. The van der Waals surface area contributed by atoms with Crippen LogP contribution in [0, 0.1) is 0 Å². The Morgan fingerprint density at radius 1 is 1.37 bits per heavy atom. The number of carbonyl (C=O) groups excluding carboxylic acids is 1. The summed E-state index contributed by atoms with van der Waals surface area (Å²) in [4.78, 5) is 15.7. The molecule has 0 heterocycles. The number of nitrogens with zero attached hydrogens (tertiary/aromatic N) is 2. The van der Waals surface area contributed by atoms with Crippen LogP contribution in [0.4, 0.5) is 5.69 Å². The molecule has 1 aromatic carbocycles. The Labute approximate surface area is 116 Å². The van der Waals surface area contributed by atoms with Crippen LogP contribution in [0.3, 0.4) is 0 Å². The van der Waals surface area contributed by atoms with Crippen molar-refractivity contribution in [2.75, 3.05) is 32.9 Å². The van der Waals surface area contributed by atoms with Crippen LogP contribution in [0.25, 0.3) is 0 Å². The van der Waals surface area contributed by atoms with Gasteiger partial charge in [0, 0.05) is 25.8 Å². The van der Waals surface area contributed by atoms with Crippen LogP contribution in [0.15, 0.2) is 24.3 Å². The summed E-state index contributed by atoms with van der Waals surface area (Å²) in [6, 6.07) is 8.06. The van der Waals surface area contributed by atoms with Crippen LogP contribution in [-0.4, -0.2) is 42.9 Å². The molecule has 0 aliphatic carbocycles. The molecule has 1 unspecified atom stereocenters. The Bertz CT molecular complexity index is 418. The van der Waals surface area contributed by atoms with Crippen LogP contribution in [-0.2, 0) is 4.79 Å². The summed E-state index contributed by atoms with van der Waals surface area (Å²) >= 11 is 0. The van der Waals surface area contributed by atoms with E-state index in [9.17, 15) is 4.79 Å². The van der Waals surface area contributed by atoms with Gasteiger partial charge in [0.1, 0.15) is 0 Å². The fraction of sp³-hybridized carbons (Fsp3) is 0.533. The molecule has 0 aliphatic heterocycles. The quantitative estimate of drug-likeness (QED) is 0.800. The van der Waals surface area contributed by atoms with Gasteiger partial charge >= 0.3 is 0 Å². The highest BCUT2D eigenvalue weighted by atomic mass is 16.2. The van der Waals surface area contributed by atoms with Crippen molar-refractivity contribution in [3.05, 3.63) is 29.8 Å². The van der Waals surface area contributed by atoms with Gasteiger partial charge < -0.3 is 10.6 Å². The molecule has 0 aliphatic rings. The molecule has 0 fully saturated rings. The number of anilines is 1. The molecule has 4 heteroatoms. The fourth-order valence-corrected chi connectivity index (χ4v) is 2.04. The van der Waals surface area contributed by atoms with Gasteiger partial charge in [-0.2, -0.15) is 0 Å². The molecule has 0 spiro atoms. The van der Waals surface area contributed by atoms with E-state index in [0.717, 1.165) is 24.2 Å². The third-order valence-electron chi connectivity index (χ3n) is 3.29. The lowest BCUT2D eigenvalue weighted by molar-refractivity contribution is -0.130. The van der Waals surface area contributed by atoms with Crippen molar-refractivity contribution in [1.29, 1.82) is 0 Å². The van der Waals surface area contributed by atoms with Gasteiger partial charge in [-0.15, -0.1) is 0 Å². The number of likely N-dealkylation sites (N-methyl/N-ethyl adjacent to an activating group) is 1. The Morgan fingerprint density at radius 2 is 2.05 bits per heavy atom. The molecule has 0 saturated heterocycles. The predicted octanol–water partition coefficient (Wildman–Crippen LogP) is 2.13. The van der Waals surface area contributed by atoms with Gasteiger partial charge in [-0.1, -0.05) is 19.1 Å². The lowest BCUT2D eigenvalue weighted by Gasteiger charge is -2.29. The third kappa shape index (κ3) is 4.56. The summed E-state index contributed by atoms with van der Waals surface area (Å²) in [5.41, 5.74) is 7.74. The number of amides is 1. The maximum Gasteiger partial charge on any atom is 0.236 e. The van der Waals surface area contributed by atoms with Crippen LogP contribution in [0.5, 0.6) is 0 Å². The highest BCUT2D eigenvalue weighted by molar-refractivity contribution is 5.77. The van der Waals surface area contributed by atoms with Crippen LogP contribution >= 0.6 is 0 Å². The first-order chi connectivity index (χ1) is 8.95. The zero-order valence-corrected chi connectivity index (χ0v) is 12.4. The lowest BCUT2D eigenvalue weighted by atomic mass is 10.1. The second kappa shape index (κ2) is 7.14. The number of nitrogens with two attached hydrogens (primary N) is 1. The smallest absolute Gasteiger partial charge is 0.236 e. The minimum Gasteiger partial charge on any atom is -0.399 e. The molecular weight excluding hydrogens is 238 g/mol. The molecule has 2 N–H and O–H groups in total. The van der Waals surface area contributed by atoms with Crippen molar-refractivity contribution in [3.8, 4) is 0 Å². The van der Waals surface area contributed by atoms with E-state index in [2.05, 4.69) is 24.8 Å². The van der Waals surface area contributed by atoms with E-state index in [-0.39, 0.29) is 11.9 Å². The van der Waals surface area contributed by atoms with Crippen molar-refractivity contribution in [2.24, 2.45) is 0 Å². The molecule has 1 aromatic rings. The highest BCUT2D eigenvalue weighted by Crippen LogP contribution is 2.22. The SMILES string of the molecule is CCCN(CC(=O)N(C)C)C(C)c1cccc(N)c1. The number of benzene rings is 1. The van der Waals surface area contributed by atoms with E-state index in [1.807, 2.05) is 18.2 Å². The first kappa shape index (κ1) is 15.5. The number of nitrogen functional groups attached to an aromatic ring is 1. The minimum atomic E-state index is 0.129. The largest absolute Gasteiger partial charge is 0.399 e. The topological polar surface area (TPSA) is 49.6 Å². The Balaban J connectivity index is 2.83. The summed E-state index contributed by atoms with van der Waals surface area (Å²) < 4.78 is 0. The molecular formula is C15H25N3O. The van der Waals surface area contributed by atoms with Gasteiger partial charge in [-0.05, 0) is 37.6 Å². The van der Waals surface area contributed by atoms with Gasteiger partial charge in [0.05, 0.1) is 6.54 Å². The monoisotopic (exact) mass is 263 g/mol. The van der Waals surface area contributed by atoms with Gasteiger partial charge in [0.2, 0.25) is 5.91 Å². The van der Waals surface area contributed by atoms with E-state index in [1.54, 1.807) is 19.0 Å². The zero-order valence-electron chi connectivity index (χ0n) is 12.4. The summed E-state index contributed by atoms with van der Waals surface area (Å²) in [6.45, 7) is 5.58. The van der Waals surface area contributed by atoms with Gasteiger partial charge in [0.25, 0.3) is 0 Å². The maximum atomic E-state index is 11.9. The maximum absolute atomic E-state index is 11.9. The van der Waals surface area contributed by atoms with Crippen molar-refractivity contribution in [2.45, 2.75) is 26.3 Å². The Kier molecular flexibility index (Phi) is 5.83. The van der Waals surface area contributed by atoms with Crippen molar-refractivity contribution in [1.82, 2.24) is 9.80 Å². The number of carbonyl (C=O) groups is 1. The van der Waals surface area contributed by atoms with Gasteiger partial charge in [-0.25, -0.2) is 0 Å². The summed E-state index contributed by atoms with van der Waals surface area (Å²) in [6.07, 6.45) is 1.02. The Hall–Kier alpha value is -1.55. The van der Waals surface area contributed by atoms with Crippen LogP contribution in [0.1, 0.15) is 31.9 Å². The van der Waals surface area contributed by atoms with E-state index in [0.29, 0.717) is 6.54 Å². The number of hydrogen-bond acceptors (Lipinski definition) is 3. The van der Waals surface area contributed by atoms with Crippen molar-refractivity contribution in [3.63, 3.8) is 0 Å². The fourth-order valence-electron chi connectivity index (χ4n) is 2.04. The lowest BCUT2D eigenvalue weighted by Crippen LogP contribution is -2.38. The standard InChI is InChI=1S/C15H25N3O/c1-5-9-18(11-15(19)17(3)4)12(2)13-7-6-8-14(16)10-13/h6-8,10,12H,5,9,11,16H2,1-4H3. The predicted molar refractivity (Wildman–Crippen MR) is 79.8 cm³/mol. The molecule has 1 rings (SSSR count).